The number of nitrogens with one attached hydrogen (secondary N) is 1. The lowest BCUT2D eigenvalue weighted by atomic mass is 10.1. The Kier molecular flexibility index (Phi) is 4.62. The molecule has 0 heterocycles. The van der Waals surface area contributed by atoms with Crippen molar-refractivity contribution in [3.63, 3.8) is 0 Å². The number of hydrogen-bond acceptors (Lipinski definition) is 2. The van der Waals surface area contributed by atoms with Crippen LogP contribution in [-0.4, -0.2) is 22.7 Å². The highest BCUT2D eigenvalue weighted by atomic mass is 19.1. The summed E-state index contributed by atoms with van der Waals surface area (Å²) in [4.78, 5) is 11.6. The first-order valence-corrected chi connectivity index (χ1v) is 5.72. The average molecular weight is 251 g/mol. The Morgan fingerprint density at radius 2 is 2.11 bits per heavy atom. The molecule has 0 saturated carbocycles. The van der Waals surface area contributed by atoms with Gasteiger partial charge in [-0.15, -0.1) is 0 Å². The summed E-state index contributed by atoms with van der Waals surface area (Å²) < 4.78 is 12.9. The molecule has 98 valence electrons. The highest BCUT2D eigenvalue weighted by molar-refractivity contribution is 5.84. The van der Waals surface area contributed by atoms with Crippen LogP contribution in [0.2, 0.25) is 0 Å². The summed E-state index contributed by atoms with van der Waals surface area (Å²) in [5.41, 5.74) is 0.197. The maximum absolute atomic E-state index is 12.9. The molecule has 0 aliphatic rings. The molecule has 18 heavy (non-hydrogen) atoms. The van der Waals surface area contributed by atoms with Gasteiger partial charge in [0.1, 0.15) is 5.82 Å². The molecule has 0 saturated heterocycles. The monoisotopic (exact) mass is 251 g/mol. The van der Waals surface area contributed by atoms with Crippen LogP contribution >= 0.6 is 0 Å². The van der Waals surface area contributed by atoms with Gasteiger partial charge in [-0.25, -0.2) is 4.39 Å². The first kappa shape index (κ1) is 14.4. The van der Waals surface area contributed by atoms with Gasteiger partial charge in [0.05, 0.1) is 0 Å². The van der Waals surface area contributed by atoms with Gasteiger partial charge in [0, 0.05) is 5.54 Å². The van der Waals surface area contributed by atoms with Crippen molar-refractivity contribution in [2.75, 3.05) is 0 Å². The van der Waals surface area contributed by atoms with Gasteiger partial charge in [-0.2, -0.15) is 0 Å². The summed E-state index contributed by atoms with van der Waals surface area (Å²) in [5.74, 6) is -0.832. The van der Waals surface area contributed by atoms with Crippen LogP contribution in [0.3, 0.4) is 0 Å². The predicted molar refractivity (Wildman–Crippen MR) is 69.3 cm³/mol. The van der Waals surface area contributed by atoms with E-state index in [1.54, 1.807) is 12.1 Å². The Morgan fingerprint density at radius 1 is 1.44 bits per heavy atom. The van der Waals surface area contributed by atoms with Crippen molar-refractivity contribution in [2.45, 2.75) is 32.4 Å². The maximum Gasteiger partial charge on any atom is 0.253 e. The third-order valence-electron chi connectivity index (χ3n) is 2.09. The fourth-order valence-corrected chi connectivity index (χ4v) is 1.34. The van der Waals surface area contributed by atoms with E-state index in [0.717, 1.165) is 0 Å². The third-order valence-corrected chi connectivity index (χ3v) is 2.09. The van der Waals surface area contributed by atoms with Crippen LogP contribution in [-0.2, 0) is 4.79 Å². The number of amides is 1. The molecule has 0 radical (unpaired) electrons. The molecule has 0 bridgehead atoms. The van der Waals surface area contributed by atoms with Crippen molar-refractivity contribution >= 4 is 12.0 Å². The fraction of sp³-hybridized carbons (Fsp3) is 0.357. The topological polar surface area (TPSA) is 49.3 Å². The van der Waals surface area contributed by atoms with Gasteiger partial charge < -0.3 is 10.4 Å². The number of halogens is 1. The van der Waals surface area contributed by atoms with E-state index in [9.17, 15) is 14.3 Å². The molecule has 2 N–H and O–H groups in total. The summed E-state index contributed by atoms with van der Waals surface area (Å²) in [6, 6.07) is 5.91. The first-order chi connectivity index (χ1) is 8.28. The number of hydrogen-bond donors (Lipinski definition) is 2. The van der Waals surface area contributed by atoms with E-state index in [4.69, 9.17) is 0 Å². The Balaban J connectivity index is 2.64. The van der Waals surface area contributed by atoms with E-state index in [-0.39, 0.29) is 5.82 Å². The number of aliphatic hydroxyl groups excluding tert-OH is 1. The van der Waals surface area contributed by atoms with Gasteiger partial charge in [0.25, 0.3) is 5.91 Å². The zero-order valence-corrected chi connectivity index (χ0v) is 10.8. The predicted octanol–water partition coefficient (Wildman–Crippen LogP) is 2.11. The normalized spacial score (nSPS) is 13.6. The quantitative estimate of drug-likeness (QED) is 0.864. The second kappa shape index (κ2) is 5.78. The molecule has 0 aliphatic carbocycles. The van der Waals surface area contributed by atoms with E-state index in [2.05, 4.69) is 5.32 Å². The van der Waals surface area contributed by atoms with Gasteiger partial charge in [-0.05, 0) is 44.5 Å². The third kappa shape index (κ3) is 5.10. The minimum Gasteiger partial charge on any atom is -0.379 e. The molecule has 4 heteroatoms. The number of aliphatic hydroxyl groups is 1. The van der Waals surface area contributed by atoms with Gasteiger partial charge in [0.2, 0.25) is 0 Å². The zero-order chi connectivity index (χ0) is 13.8. The van der Waals surface area contributed by atoms with Crippen LogP contribution < -0.4 is 5.32 Å². The second-order valence-corrected chi connectivity index (χ2v) is 5.10. The highest BCUT2D eigenvalue weighted by Crippen LogP contribution is 2.07. The van der Waals surface area contributed by atoms with Gasteiger partial charge >= 0.3 is 0 Å². The van der Waals surface area contributed by atoms with Crippen molar-refractivity contribution < 1.29 is 14.3 Å². The summed E-state index contributed by atoms with van der Waals surface area (Å²) in [6.45, 7) is 5.48. The fourth-order valence-electron chi connectivity index (χ4n) is 1.34. The largest absolute Gasteiger partial charge is 0.379 e. The summed E-state index contributed by atoms with van der Waals surface area (Å²) in [7, 11) is 0. The summed E-state index contributed by atoms with van der Waals surface area (Å²) in [5, 5.41) is 12.3. The van der Waals surface area contributed by atoms with Crippen molar-refractivity contribution in [3.05, 3.63) is 41.7 Å². The van der Waals surface area contributed by atoms with Crippen molar-refractivity contribution in [2.24, 2.45) is 0 Å². The molecule has 1 aromatic rings. The van der Waals surface area contributed by atoms with E-state index >= 15 is 0 Å². The lowest BCUT2D eigenvalue weighted by molar-refractivity contribution is -0.128. The molecule has 1 atom stereocenters. The Hall–Kier alpha value is -1.68. The van der Waals surface area contributed by atoms with E-state index in [0.29, 0.717) is 5.56 Å². The Bertz CT molecular complexity index is 449. The summed E-state index contributed by atoms with van der Waals surface area (Å²) in [6.07, 6.45) is 1.60. The van der Waals surface area contributed by atoms with Crippen molar-refractivity contribution in [3.8, 4) is 0 Å². The molecule has 1 rings (SSSR count). The average Bonchev–Trinajstić information content (AvgIpc) is 2.23. The maximum atomic E-state index is 12.9. The molecule has 0 fully saturated rings. The number of carbonyl (C=O) groups excluding carboxylic acids is 1. The van der Waals surface area contributed by atoms with E-state index in [1.807, 2.05) is 20.8 Å². The smallest absolute Gasteiger partial charge is 0.253 e. The lowest BCUT2D eigenvalue weighted by Crippen LogP contribution is -2.45. The molecule has 0 aromatic heterocycles. The molecule has 3 nitrogen and oxygen atoms in total. The van der Waals surface area contributed by atoms with Crippen LogP contribution in [0.4, 0.5) is 4.39 Å². The molecular weight excluding hydrogens is 233 g/mol. The SMILES string of the molecule is CC(C)(C)NC(=O)[C@@H](O)/C=C/c1cccc(F)c1. The highest BCUT2D eigenvalue weighted by Gasteiger charge is 2.18. The van der Waals surface area contributed by atoms with Crippen LogP contribution in [0, 0.1) is 5.82 Å². The van der Waals surface area contributed by atoms with E-state index in [1.165, 1.54) is 24.3 Å². The summed E-state index contributed by atoms with van der Waals surface area (Å²) >= 11 is 0. The lowest BCUT2D eigenvalue weighted by Gasteiger charge is -2.21. The van der Waals surface area contributed by atoms with Crippen LogP contribution in [0.5, 0.6) is 0 Å². The molecule has 0 aliphatic heterocycles. The van der Waals surface area contributed by atoms with Crippen LogP contribution in [0.25, 0.3) is 6.08 Å². The van der Waals surface area contributed by atoms with Crippen LogP contribution in [0.15, 0.2) is 30.3 Å². The standard InChI is InChI=1S/C14H18FNO2/c1-14(2,3)16-13(18)12(17)8-7-10-5-4-6-11(15)9-10/h4-9,12,17H,1-3H3,(H,16,18)/b8-7+/t12-/m0/s1. The zero-order valence-electron chi connectivity index (χ0n) is 10.8. The molecular formula is C14H18FNO2. The first-order valence-electron chi connectivity index (χ1n) is 5.72. The van der Waals surface area contributed by atoms with Crippen molar-refractivity contribution in [1.29, 1.82) is 0 Å². The van der Waals surface area contributed by atoms with Crippen molar-refractivity contribution in [1.82, 2.24) is 5.32 Å². The molecule has 0 spiro atoms. The molecule has 0 unspecified atom stereocenters. The second-order valence-electron chi connectivity index (χ2n) is 5.10. The molecule has 1 amide bonds. The number of carbonyl (C=O) groups is 1. The van der Waals surface area contributed by atoms with Gasteiger partial charge in [-0.3, -0.25) is 4.79 Å². The number of rotatable bonds is 3. The van der Waals surface area contributed by atoms with Gasteiger partial charge in [-0.1, -0.05) is 18.2 Å². The minimum atomic E-state index is -1.24. The van der Waals surface area contributed by atoms with Gasteiger partial charge in [0.15, 0.2) is 6.10 Å². The number of benzene rings is 1. The minimum absolute atomic E-state index is 0.356. The van der Waals surface area contributed by atoms with E-state index < -0.39 is 17.6 Å². The Labute approximate surface area is 106 Å². The Morgan fingerprint density at radius 3 is 2.67 bits per heavy atom. The molecule has 1 aromatic carbocycles. The van der Waals surface area contributed by atoms with Crippen LogP contribution in [0.1, 0.15) is 26.3 Å².